The number of benzene rings is 2. The summed E-state index contributed by atoms with van der Waals surface area (Å²) in [6.07, 6.45) is 1.94. The highest BCUT2D eigenvalue weighted by Gasteiger charge is 2.05. The molecular formula is C21H25NO4. The third-order valence-corrected chi connectivity index (χ3v) is 4.14. The van der Waals surface area contributed by atoms with E-state index in [1.165, 1.54) is 16.7 Å². The number of aliphatic carboxylic acids is 1. The Balaban J connectivity index is 1.70. The van der Waals surface area contributed by atoms with Crippen LogP contribution in [0.5, 0.6) is 5.75 Å². The smallest absolute Gasteiger partial charge is 0.341 e. The first-order chi connectivity index (χ1) is 12.4. The molecule has 0 unspecified atom stereocenters. The fourth-order valence-electron chi connectivity index (χ4n) is 2.71. The average Bonchev–Trinajstić information content (AvgIpc) is 2.60. The molecule has 1 amide bonds. The highest BCUT2D eigenvalue weighted by atomic mass is 16.5. The summed E-state index contributed by atoms with van der Waals surface area (Å²) in [6.45, 7) is 4.36. The van der Waals surface area contributed by atoms with E-state index in [2.05, 4.69) is 37.4 Å². The van der Waals surface area contributed by atoms with Crippen molar-refractivity contribution in [3.8, 4) is 5.75 Å². The second kappa shape index (κ2) is 9.61. The second-order valence-corrected chi connectivity index (χ2v) is 6.36. The molecule has 2 N–H and O–H groups in total. The molecule has 0 fully saturated rings. The fourth-order valence-corrected chi connectivity index (χ4v) is 2.71. The van der Waals surface area contributed by atoms with Crippen LogP contribution < -0.4 is 10.1 Å². The highest BCUT2D eigenvalue weighted by molar-refractivity contribution is 5.76. The van der Waals surface area contributed by atoms with Gasteiger partial charge in [0.1, 0.15) is 5.75 Å². The van der Waals surface area contributed by atoms with Gasteiger partial charge in [-0.05, 0) is 55.5 Å². The van der Waals surface area contributed by atoms with Crippen molar-refractivity contribution in [2.24, 2.45) is 0 Å². The van der Waals surface area contributed by atoms with Gasteiger partial charge in [-0.3, -0.25) is 4.79 Å². The summed E-state index contributed by atoms with van der Waals surface area (Å²) in [5.74, 6) is -0.433. The van der Waals surface area contributed by atoms with Crippen LogP contribution >= 0.6 is 0 Å². The Morgan fingerprint density at radius 1 is 1.04 bits per heavy atom. The zero-order valence-electron chi connectivity index (χ0n) is 15.2. The van der Waals surface area contributed by atoms with Gasteiger partial charge in [-0.15, -0.1) is 0 Å². The number of carbonyl (C=O) groups is 2. The molecule has 0 radical (unpaired) electrons. The molecule has 5 heteroatoms. The summed E-state index contributed by atoms with van der Waals surface area (Å²) in [5.41, 5.74) is 4.73. The SMILES string of the molecule is Cc1ccc(CCC(=O)NCCc2ccc(OCC(=O)O)cc2)c(C)c1. The van der Waals surface area contributed by atoms with Crippen LogP contribution in [0.2, 0.25) is 0 Å². The van der Waals surface area contributed by atoms with E-state index in [-0.39, 0.29) is 12.5 Å². The molecule has 0 bridgehead atoms. The predicted molar refractivity (Wildman–Crippen MR) is 101 cm³/mol. The fraction of sp³-hybridized carbons (Fsp3) is 0.333. The van der Waals surface area contributed by atoms with Crippen molar-refractivity contribution < 1.29 is 19.4 Å². The number of hydrogen-bond acceptors (Lipinski definition) is 3. The van der Waals surface area contributed by atoms with Gasteiger partial charge in [0, 0.05) is 13.0 Å². The van der Waals surface area contributed by atoms with E-state index in [1.54, 1.807) is 12.1 Å². The summed E-state index contributed by atoms with van der Waals surface area (Å²) in [6, 6.07) is 13.5. The van der Waals surface area contributed by atoms with Crippen molar-refractivity contribution in [2.75, 3.05) is 13.2 Å². The second-order valence-electron chi connectivity index (χ2n) is 6.36. The molecule has 0 spiro atoms. The number of carboxylic acids is 1. The summed E-state index contributed by atoms with van der Waals surface area (Å²) in [4.78, 5) is 22.5. The van der Waals surface area contributed by atoms with Gasteiger partial charge in [0.2, 0.25) is 5.91 Å². The van der Waals surface area contributed by atoms with Crippen LogP contribution in [-0.2, 0) is 22.4 Å². The quantitative estimate of drug-likeness (QED) is 0.725. The van der Waals surface area contributed by atoms with Gasteiger partial charge < -0.3 is 15.2 Å². The van der Waals surface area contributed by atoms with Gasteiger partial charge in [-0.2, -0.15) is 0 Å². The van der Waals surface area contributed by atoms with Crippen LogP contribution in [0.15, 0.2) is 42.5 Å². The van der Waals surface area contributed by atoms with E-state index in [4.69, 9.17) is 9.84 Å². The summed E-state index contributed by atoms with van der Waals surface area (Å²) in [5, 5.41) is 11.5. The third-order valence-electron chi connectivity index (χ3n) is 4.14. The van der Waals surface area contributed by atoms with Gasteiger partial charge in [0.25, 0.3) is 0 Å². The third kappa shape index (κ3) is 6.59. The lowest BCUT2D eigenvalue weighted by molar-refractivity contribution is -0.139. The minimum Gasteiger partial charge on any atom is -0.482 e. The van der Waals surface area contributed by atoms with Crippen LogP contribution in [0.4, 0.5) is 0 Å². The van der Waals surface area contributed by atoms with Gasteiger partial charge in [0.05, 0.1) is 0 Å². The van der Waals surface area contributed by atoms with Crippen LogP contribution in [0, 0.1) is 13.8 Å². The van der Waals surface area contributed by atoms with Crippen LogP contribution in [0.3, 0.4) is 0 Å². The maximum absolute atomic E-state index is 12.0. The lowest BCUT2D eigenvalue weighted by Gasteiger charge is -2.08. The lowest BCUT2D eigenvalue weighted by atomic mass is 10.0. The van der Waals surface area contributed by atoms with Crippen molar-refractivity contribution >= 4 is 11.9 Å². The molecule has 26 heavy (non-hydrogen) atoms. The van der Waals surface area contributed by atoms with Gasteiger partial charge in [-0.1, -0.05) is 35.9 Å². The molecule has 0 saturated heterocycles. The molecule has 0 aliphatic rings. The van der Waals surface area contributed by atoms with Gasteiger partial charge >= 0.3 is 5.97 Å². The standard InChI is InChI=1S/C21H25NO4/c1-15-3-6-18(16(2)13-15)7-10-20(23)22-12-11-17-4-8-19(9-5-17)26-14-21(24)25/h3-6,8-9,13H,7,10-12,14H2,1-2H3,(H,22,23)(H,24,25). The Bertz CT molecular complexity index is 753. The first kappa shape index (κ1) is 19.5. The number of ether oxygens (including phenoxy) is 1. The number of nitrogens with one attached hydrogen (secondary N) is 1. The van der Waals surface area contributed by atoms with Crippen molar-refractivity contribution in [3.63, 3.8) is 0 Å². The molecule has 0 aromatic heterocycles. The summed E-state index contributed by atoms with van der Waals surface area (Å²) < 4.78 is 5.09. The van der Waals surface area contributed by atoms with Crippen molar-refractivity contribution in [2.45, 2.75) is 33.1 Å². The number of rotatable bonds is 9. The maximum atomic E-state index is 12.0. The first-order valence-corrected chi connectivity index (χ1v) is 8.70. The van der Waals surface area contributed by atoms with E-state index >= 15 is 0 Å². The Kier molecular flexibility index (Phi) is 7.21. The van der Waals surface area contributed by atoms with Gasteiger partial charge in [-0.25, -0.2) is 4.79 Å². The average molecular weight is 355 g/mol. The van der Waals surface area contributed by atoms with Gasteiger partial charge in [0.15, 0.2) is 6.61 Å². The topological polar surface area (TPSA) is 75.6 Å². The number of amides is 1. The van der Waals surface area contributed by atoms with Crippen LogP contribution in [0.25, 0.3) is 0 Å². The zero-order chi connectivity index (χ0) is 18.9. The molecule has 0 heterocycles. The molecule has 0 aliphatic carbocycles. The lowest BCUT2D eigenvalue weighted by Crippen LogP contribution is -2.25. The minimum absolute atomic E-state index is 0.0476. The Hall–Kier alpha value is -2.82. The van der Waals surface area contributed by atoms with Crippen molar-refractivity contribution in [1.82, 2.24) is 5.32 Å². The zero-order valence-corrected chi connectivity index (χ0v) is 15.2. The molecule has 0 aliphatic heterocycles. The Morgan fingerprint density at radius 3 is 2.42 bits per heavy atom. The normalized spacial score (nSPS) is 10.4. The van der Waals surface area contributed by atoms with E-state index in [0.717, 1.165) is 12.0 Å². The number of carbonyl (C=O) groups excluding carboxylic acids is 1. The Morgan fingerprint density at radius 2 is 1.77 bits per heavy atom. The monoisotopic (exact) mass is 355 g/mol. The maximum Gasteiger partial charge on any atom is 0.341 e. The first-order valence-electron chi connectivity index (χ1n) is 8.70. The predicted octanol–water partition coefficient (Wildman–Crippen LogP) is 3.06. The molecule has 5 nitrogen and oxygen atoms in total. The highest BCUT2D eigenvalue weighted by Crippen LogP contribution is 2.13. The number of carboxylic acid groups (broad SMARTS) is 1. The van der Waals surface area contributed by atoms with E-state index in [1.807, 2.05) is 12.1 Å². The van der Waals surface area contributed by atoms with Crippen molar-refractivity contribution in [3.05, 3.63) is 64.7 Å². The molecule has 2 rings (SSSR count). The molecule has 0 atom stereocenters. The van der Waals surface area contributed by atoms with Crippen LogP contribution in [0.1, 0.15) is 28.7 Å². The van der Waals surface area contributed by atoms with E-state index in [0.29, 0.717) is 25.1 Å². The molecule has 0 saturated carbocycles. The number of hydrogen-bond donors (Lipinski definition) is 2. The molecule has 138 valence electrons. The minimum atomic E-state index is -1.00. The molecule has 2 aromatic rings. The largest absolute Gasteiger partial charge is 0.482 e. The Labute approximate surface area is 154 Å². The van der Waals surface area contributed by atoms with Crippen molar-refractivity contribution in [1.29, 1.82) is 0 Å². The van der Waals surface area contributed by atoms with E-state index in [9.17, 15) is 9.59 Å². The summed E-state index contributed by atoms with van der Waals surface area (Å²) in [7, 11) is 0. The molecular weight excluding hydrogens is 330 g/mol. The van der Waals surface area contributed by atoms with Crippen LogP contribution in [-0.4, -0.2) is 30.1 Å². The van der Waals surface area contributed by atoms with E-state index < -0.39 is 5.97 Å². The number of aryl methyl sites for hydroxylation is 3. The summed E-state index contributed by atoms with van der Waals surface area (Å²) >= 11 is 0. The molecule has 2 aromatic carbocycles.